The number of ether oxygens (including phenoxy) is 1. The Bertz CT molecular complexity index is 1310. The second kappa shape index (κ2) is 10.6. The van der Waals surface area contributed by atoms with Crippen LogP contribution in [0.3, 0.4) is 0 Å². The van der Waals surface area contributed by atoms with Gasteiger partial charge in [0.15, 0.2) is 0 Å². The normalized spacial score (nSPS) is 14.0. The number of nitrogens with zero attached hydrogens (tertiary/aromatic N) is 2. The number of morpholine rings is 1. The van der Waals surface area contributed by atoms with E-state index < -0.39 is 21.7 Å². The fraction of sp³-hybridized carbons (Fsp3) is 0.217. The highest BCUT2D eigenvalue weighted by Gasteiger charge is 2.20. The third kappa shape index (κ3) is 5.70. The van der Waals surface area contributed by atoms with E-state index in [0.29, 0.717) is 37.7 Å². The van der Waals surface area contributed by atoms with Crippen LogP contribution in [0.4, 0.5) is 21.6 Å². The summed E-state index contributed by atoms with van der Waals surface area (Å²) in [6.07, 6.45) is 1.28. The predicted molar refractivity (Wildman–Crippen MR) is 132 cm³/mol. The highest BCUT2D eigenvalue weighted by atomic mass is 35.5. The molecule has 0 aliphatic carbocycles. The average Bonchev–Trinajstić information content (AvgIpc) is 2.84. The summed E-state index contributed by atoms with van der Waals surface area (Å²) in [5.41, 5.74) is 6.35. The van der Waals surface area contributed by atoms with Gasteiger partial charge < -0.3 is 20.7 Å². The van der Waals surface area contributed by atoms with Crippen LogP contribution in [0, 0.1) is 5.82 Å². The lowest BCUT2D eigenvalue weighted by molar-refractivity contribution is 0.102. The van der Waals surface area contributed by atoms with Gasteiger partial charge in [-0.3, -0.25) is 9.52 Å². The van der Waals surface area contributed by atoms with Crippen LogP contribution in [0.15, 0.2) is 59.6 Å². The first-order valence-electron chi connectivity index (χ1n) is 10.7. The van der Waals surface area contributed by atoms with E-state index in [1.165, 1.54) is 36.5 Å². The van der Waals surface area contributed by atoms with Crippen molar-refractivity contribution in [2.75, 3.05) is 41.2 Å². The van der Waals surface area contributed by atoms with Crippen LogP contribution < -0.4 is 20.7 Å². The maximum Gasteiger partial charge on any atom is 0.263 e. The maximum atomic E-state index is 14.1. The molecule has 9 nitrogen and oxygen atoms in total. The summed E-state index contributed by atoms with van der Waals surface area (Å²) in [6, 6.07) is 11.5. The molecular formula is C23H23ClFN5O4S. The van der Waals surface area contributed by atoms with Gasteiger partial charge in [0.2, 0.25) is 0 Å². The molecule has 0 spiro atoms. The quantitative estimate of drug-likeness (QED) is 0.437. The molecule has 0 saturated carbocycles. The number of nitrogens with two attached hydrogens (primary N) is 1. The highest BCUT2D eigenvalue weighted by Crippen LogP contribution is 2.26. The van der Waals surface area contributed by atoms with Crippen molar-refractivity contribution in [2.45, 2.75) is 11.4 Å². The number of aromatic nitrogens is 1. The number of hydrogen-bond acceptors (Lipinski definition) is 7. The molecule has 0 unspecified atom stereocenters. The largest absolute Gasteiger partial charge is 0.378 e. The third-order valence-corrected chi connectivity index (χ3v) is 7.05. The van der Waals surface area contributed by atoms with Gasteiger partial charge in [-0.2, -0.15) is 0 Å². The first-order chi connectivity index (χ1) is 16.8. The van der Waals surface area contributed by atoms with Gasteiger partial charge in [-0.1, -0.05) is 23.7 Å². The molecular weight excluding hydrogens is 497 g/mol. The van der Waals surface area contributed by atoms with Crippen LogP contribution >= 0.6 is 11.6 Å². The summed E-state index contributed by atoms with van der Waals surface area (Å²) >= 11 is 5.96. The maximum absolute atomic E-state index is 14.1. The topological polar surface area (TPSA) is 127 Å². The Morgan fingerprint density at radius 1 is 1.17 bits per heavy atom. The molecule has 1 fully saturated rings. The summed E-state index contributed by atoms with van der Waals surface area (Å²) < 4.78 is 48.0. The molecule has 2 heterocycles. The van der Waals surface area contributed by atoms with Gasteiger partial charge in [-0.15, -0.1) is 0 Å². The van der Waals surface area contributed by atoms with Crippen molar-refractivity contribution in [3.05, 3.63) is 76.7 Å². The van der Waals surface area contributed by atoms with Gasteiger partial charge >= 0.3 is 0 Å². The molecule has 4 N–H and O–H groups in total. The summed E-state index contributed by atoms with van der Waals surface area (Å²) in [4.78, 5) is 18.8. The Morgan fingerprint density at radius 2 is 1.94 bits per heavy atom. The number of nitrogens with one attached hydrogen (secondary N) is 2. The predicted octanol–water partition coefficient (Wildman–Crippen LogP) is 3.22. The van der Waals surface area contributed by atoms with E-state index in [9.17, 15) is 17.6 Å². The molecule has 2 aromatic carbocycles. The number of amides is 1. The molecule has 4 rings (SSSR count). The lowest BCUT2D eigenvalue weighted by atomic mass is 10.1. The average molecular weight is 520 g/mol. The van der Waals surface area contributed by atoms with Gasteiger partial charge in [-0.05, 0) is 42.0 Å². The van der Waals surface area contributed by atoms with Crippen molar-refractivity contribution in [1.82, 2.24) is 4.98 Å². The minimum absolute atomic E-state index is 0.0370. The third-order valence-electron chi connectivity index (χ3n) is 5.39. The first kappa shape index (κ1) is 24.9. The van der Waals surface area contributed by atoms with E-state index in [-0.39, 0.29) is 33.4 Å². The molecule has 184 valence electrons. The van der Waals surface area contributed by atoms with E-state index in [2.05, 4.69) is 15.0 Å². The monoisotopic (exact) mass is 519 g/mol. The van der Waals surface area contributed by atoms with E-state index >= 15 is 0 Å². The molecule has 1 saturated heterocycles. The number of carbonyl (C=O) groups is 1. The summed E-state index contributed by atoms with van der Waals surface area (Å²) in [6.45, 7) is 2.56. The van der Waals surface area contributed by atoms with Crippen molar-refractivity contribution < 1.29 is 22.3 Å². The van der Waals surface area contributed by atoms with Crippen LogP contribution in [0.5, 0.6) is 0 Å². The second-order valence-corrected chi connectivity index (χ2v) is 9.77. The number of pyridine rings is 1. The number of halogens is 2. The first-order valence-corrected chi connectivity index (χ1v) is 12.5. The number of benzene rings is 2. The van der Waals surface area contributed by atoms with Crippen molar-refractivity contribution in [1.29, 1.82) is 0 Å². The zero-order chi connectivity index (χ0) is 25.0. The van der Waals surface area contributed by atoms with E-state index in [1.807, 2.05) is 4.90 Å². The molecule has 12 heteroatoms. The van der Waals surface area contributed by atoms with Gasteiger partial charge in [0.1, 0.15) is 16.5 Å². The Hall–Kier alpha value is -3.25. The van der Waals surface area contributed by atoms with Gasteiger partial charge in [0, 0.05) is 31.5 Å². The standard InChI is InChI=1S/C23H23ClFN5O4S/c24-18-2-1-3-19(25)22(18)23(31)28-16-5-4-15(13-26)20(12-16)29-35(32,33)17-6-7-21(27-14-17)30-8-10-34-11-9-30/h1-7,12,14,29H,8-11,13,26H2,(H,28,31). The fourth-order valence-corrected chi connectivity index (χ4v) is 4.84. The molecule has 1 aliphatic rings. The molecule has 1 amide bonds. The molecule has 0 atom stereocenters. The molecule has 1 aliphatic heterocycles. The lowest BCUT2D eigenvalue weighted by Crippen LogP contribution is -2.36. The minimum atomic E-state index is -4.01. The van der Waals surface area contributed by atoms with E-state index in [1.54, 1.807) is 12.1 Å². The van der Waals surface area contributed by atoms with E-state index in [4.69, 9.17) is 22.1 Å². The van der Waals surface area contributed by atoms with Crippen LogP contribution in [0.2, 0.25) is 5.02 Å². The number of hydrogen-bond donors (Lipinski definition) is 3. The number of anilines is 3. The second-order valence-electron chi connectivity index (χ2n) is 7.68. The van der Waals surface area contributed by atoms with Crippen LogP contribution in [0.1, 0.15) is 15.9 Å². The Kier molecular flexibility index (Phi) is 7.51. The minimum Gasteiger partial charge on any atom is -0.378 e. The molecule has 1 aromatic heterocycles. The summed E-state index contributed by atoms with van der Waals surface area (Å²) in [5.74, 6) is -0.890. The van der Waals surface area contributed by atoms with Crippen molar-refractivity contribution >= 4 is 44.7 Å². The van der Waals surface area contributed by atoms with Gasteiger partial charge in [0.05, 0.1) is 29.5 Å². The van der Waals surface area contributed by atoms with Gasteiger partial charge in [0.25, 0.3) is 15.9 Å². The zero-order valence-electron chi connectivity index (χ0n) is 18.5. The zero-order valence-corrected chi connectivity index (χ0v) is 20.1. The molecule has 35 heavy (non-hydrogen) atoms. The smallest absolute Gasteiger partial charge is 0.263 e. The molecule has 0 bridgehead atoms. The van der Waals surface area contributed by atoms with Crippen LogP contribution in [0.25, 0.3) is 0 Å². The molecule has 0 radical (unpaired) electrons. The van der Waals surface area contributed by atoms with Crippen LogP contribution in [-0.2, 0) is 21.3 Å². The summed E-state index contributed by atoms with van der Waals surface area (Å²) in [7, 11) is -4.01. The number of sulfonamides is 1. The van der Waals surface area contributed by atoms with Crippen molar-refractivity contribution in [3.8, 4) is 0 Å². The number of rotatable bonds is 7. The SMILES string of the molecule is NCc1ccc(NC(=O)c2c(F)cccc2Cl)cc1NS(=O)(=O)c1ccc(N2CCOCC2)nc1. The summed E-state index contributed by atoms with van der Waals surface area (Å²) in [5, 5.41) is 2.49. The van der Waals surface area contributed by atoms with E-state index in [0.717, 1.165) is 6.07 Å². The number of carbonyl (C=O) groups excluding carboxylic acids is 1. The Balaban J connectivity index is 1.55. The van der Waals surface area contributed by atoms with Crippen LogP contribution in [-0.4, -0.2) is 45.6 Å². The van der Waals surface area contributed by atoms with Gasteiger partial charge in [-0.25, -0.2) is 17.8 Å². The van der Waals surface area contributed by atoms with Crippen molar-refractivity contribution in [2.24, 2.45) is 5.73 Å². The highest BCUT2D eigenvalue weighted by molar-refractivity contribution is 7.92. The Labute approximate surface area is 207 Å². The Morgan fingerprint density at radius 3 is 2.60 bits per heavy atom. The lowest BCUT2D eigenvalue weighted by Gasteiger charge is -2.27. The molecule has 3 aromatic rings. The van der Waals surface area contributed by atoms with Crippen molar-refractivity contribution in [3.63, 3.8) is 0 Å². The fourth-order valence-electron chi connectivity index (χ4n) is 3.55.